The number of carbonyl (C=O) groups is 1. The van der Waals surface area contributed by atoms with Gasteiger partial charge in [0, 0.05) is 5.69 Å². The third-order valence-corrected chi connectivity index (χ3v) is 5.50. The maximum absolute atomic E-state index is 12.5. The first-order valence-electron chi connectivity index (χ1n) is 10.4. The van der Waals surface area contributed by atoms with Crippen molar-refractivity contribution in [2.24, 2.45) is 0 Å². The number of benzene rings is 4. The Bertz CT molecular complexity index is 1380. The molecule has 1 N–H and O–H groups in total. The van der Waals surface area contributed by atoms with Crippen LogP contribution in [-0.4, -0.2) is 5.91 Å². The predicted octanol–water partition coefficient (Wildman–Crippen LogP) is 6.93. The van der Waals surface area contributed by atoms with E-state index in [1.54, 1.807) is 30.3 Å². The van der Waals surface area contributed by atoms with Crippen LogP contribution in [0.4, 0.5) is 5.69 Å². The monoisotopic (exact) mass is 452 g/mol. The summed E-state index contributed by atoms with van der Waals surface area (Å²) in [6, 6.07) is 28.7. The van der Waals surface area contributed by atoms with Crippen molar-refractivity contribution in [2.75, 3.05) is 5.32 Å². The highest BCUT2D eigenvalue weighted by Crippen LogP contribution is 2.28. The number of hydrogen-bond donors (Lipinski definition) is 1. The average Bonchev–Trinajstić information content (AvgIpc) is 2.83. The topological polar surface area (TPSA) is 62.1 Å². The van der Waals surface area contributed by atoms with Crippen LogP contribution in [0.2, 0.25) is 5.02 Å². The van der Waals surface area contributed by atoms with Crippen LogP contribution in [0, 0.1) is 18.3 Å². The number of halogens is 1. The number of fused-ring (bicyclic) bond motifs is 1. The summed E-state index contributed by atoms with van der Waals surface area (Å²) >= 11 is 6.43. The Morgan fingerprint density at radius 1 is 1.03 bits per heavy atom. The zero-order valence-electron chi connectivity index (χ0n) is 18.0. The lowest BCUT2D eigenvalue weighted by Gasteiger charge is -2.11. The number of nitrogens with one attached hydrogen (secondary N) is 1. The van der Waals surface area contributed by atoms with Gasteiger partial charge in [-0.25, -0.2) is 0 Å². The van der Waals surface area contributed by atoms with Crippen LogP contribution in [0.5, 0.6) is 5.75 Å². The summed E-state index contributed by atoms with van der Waals surface area (Å²) in [5, 5.41) is 14.9. The van der Waals surface area contributed by atoms with Gasteiger partial charge in [0.15, 0.2) is 0 Å². The summed E-state index contributed by atoms with van der Waals surface area (Å²) < 4.78 is 5.96. The van der Waals surface area contributed by atoms with E-state index in [0.717, 1.165) is 21.9 Å². The van der Waals surface area contributed by atoms with E-state index in [9.17, 15) is 10.1 Å². The van der Waals surface area contributed by atoms with E-state index in [1.807, 2.05) is 49.4 Å². The molecule has 4 nitrogen and oxygen atoms in total. The first kappa shape index (κ1) is 22.1. The lowest BCUT2D eigenvalue weighted by atomic mass is 10.1. The Hall–Kier alpha value is -4.07. The molecule has 0 bridgehead atoms. The van der Waals surface area contributed by atoms with Crippen molar-refractivity contribution in [3.63, 3.8) is 0 Å². The molecule has 0 saturated heterocycles. The van der Waals surface area contributed by atoms with Crippen LogP contribution in [0.1, 0.15) is 16.7 Å². The van der Waals surface area contributed by atoms with Gasteiger partial charge in [0.25, 0.3) is 5.91 Å². The van der Waals surface area contributed by atoms with E-state index in [1.165, 1.54) is 6.08 Å². The predicted molar refractivity (Wildman–Crippen MR) is 133 cm³/mol. The second-order valence-corrected chi connectivity index (χ2v) is 8.01. The maximum Gasteiger partial charge on any atom is 0.266 e. The summed E-state index contributed by atoms with van der Waals surface area (Å²) in [5.41, 5.74) is 3.39. The SMILES string of the molecule is Cc1ccc(NC(=O)/C(C#N)=C/c2ccc(OCc3cccc4ccccc34)c(Cl)c2)cc1. The number of hydrogen-bond acceptors (Lipinski definition) is 3. The van der Waals surface area contributed by atoms with E-state index in [0.29, 0.717) is 28.6 Å². The van der Waals surface area contributed by atoms with E-state index >= 15 is 0 Å². The van der Waals surface area contributed by atoms with Crippen LogP contribution in [-0.2, 0) is 11.4 Å². The van der Waals surface area contributed by atoms with Crippen LogP contribution >= 0.6 is 11.6 Å². The molecule has 0 radical (unpaired) electrons. The highest BCUT2D eigenvalue weighted by molar-refractivity contribution is 6.32. The molecule has 0 atom stereocenters. The second kappa shape index (κ2) is 10.0. The Labute approximate surface area is 197 Å². The normalized spacial score (nSPS) is 11.1. The molecule has 0 aliphatic carbocycles. The Balaban J connectivity index is 1.48. The molecule has 0 fully saturated rings. The van der Waals surface area contributed by atoms with Crippen molar-refractivity contribution in [3.8, 4) is 11.8 Å². The molecule has 0 unspecified atom stereocenters. The molecule has 4 aromatic rings. The Morgan fingerprint density at radius 3 is 2.55 bits per heavy atom. The fourth-order valence-electron chi connectivity index (χ4n) is 3.45. The summed E-state index contributed by atoms with van der Waals surface area (Å²) in [6.45, 7) is 2.34. The van der Waals surface area contributed by atoms with Crippen LogP contribution < -0.4 is 10.1 Å². The molecule has 0 heterocycles. The average molecular weight is 453 g/mol. The largest absolute Gasteiger partial charge is 0.487 e. The maximum atomic E-state index is 12.5. The second-order valence-electron chi connectivity index (χ2n) is 7.61. The van der Waals surface area contributed by atoms with Crippen LogP contribution in [0.25, 0.3) is 16.8 Å². The minimum atomic E-state index is -0.478. The first-order valence-corrected chi connectivity index (χ1v) is 10.8. The lowest BCUT2D eigenvalue weighted by molar-refractivity contribution is -0.112. The molecular formula is C28H21ClN2O2. The smallest absolute Gasteiger partial charge is 0.266 e. The van der Waals surface area contributed by atoms with E-state index in [-0.39, 0.29) is 5.57 Å². The molecule has 4 aromatic carbocycles. The Morgan fingerprint density at radius 2 is 1.79 bits per heavy atom. The first-order chi connectivity index (χ1) is 16.0. The molecule has 0 aliphatic rings. The van der Waals surface area contributed by atoms with Gasteiger partial charge in [-0.15, -0.1) is 0 Å². The van der Waals surface area contributed by atoms with E-state index in [4.69, 9.17) is 16.3 Å². The lowest BCUT2D eigenvalue weighted by Crippen LogP contribution is -2.13. The van der Waals surface area contributed by atoms with Crippen molar-refractivity contribution < 1.29 is 9.53 Å². The summed E-state index contributed by atoms with van der Waals surface area (Å²) in [4.78, 5) is 12.5. The van der Waals surface area contributed by atoms with Gasteiger partial charge in [-0.2, -0.15) is 5.26 Å². The molecule has 33 heavy (non-hydrogen) atoms. The van der Waals surface area contributed by atoms with Crippen molar-refractivity contribution in [1.82, 2.24) is 0 Å². The zero-order valence-corrected chi connectivity index (χ0v) is 18.8. The number of nitrogens with zero attached hydrogens (tertiary/aromatic N) is 1. The molecule has 0 aromatic heterocycles. The number of aryl methyl sites for hydroxylation is 1. The number of amides is 1. The standard InChI is InChI=1S/C28H21ClN2O2/c1-19-9-12-24(13-10-19)31-28(32)23(17-30)15-20-11-14-27(26(29)16-20)33-18-22-7-4-6-21-5-2-3-8-25(21)22/h2-16H,18H2,1H3,(H,31,32)/b23-15+. The summed E-state index contributed by atoms with van der Waals surface area (Å²) in [6.07, 6.45) is 1.50. The van der Waals surface area contributed by atoms with Gasteiger partial charge in [0.05, 0.1) is 5.02 Å². The molecular weight excluding hydrogens is 432 g/mol. The van der Waals surface area contributed by atoms with Gasteiger partial charge in [0.2, 0.25) is 0 Å². The van der Waals surface area contributed by atoms with Gasteiger partial charge < -0.3 is 10.1 Å². The van der Waals surface area contributed by atoms with E-state index < -0.39 is 5.91 Å². The fraction of sp³-hybridized carbons (Fsp3) is 0.0714. The third-order valence-electron chi connectivity index (χ3n) is 5.20. The van der Waals surface area contributed by atoms with Gasteiger partial charge in [-0.1, -0.05) is 77.8 Å². The van der Waals surface area contributed by atoms with Crippen LogP contribution in [0.3, 0.4) is 0 Å². The molecule has 0 saturated carbocycles. The molecule has 0 spiro atoms. The highest BCUT2D eigenvalue weighted by Gasteiger charge is 2.11. The number of nitriles is 1. The fourth-order valence-corrected chi connectivity index (χ4v) is 3.69. The quantitative estimate of drug-likeness (QED) is 0.255. The minimum absolute atomic E-state index is 0.0175. The van der Waals surface area contributed by atoms with Crippen molar-refractivity contribution in [2.45, 2.75) is 13.5 Å². The molecule has 162 valence electrons. The van der Waals surface area contributed by atoms with Crippen LogP contribution in [0.15, 0.2) is 90.5 Å². The molecule has 0 aliphatic heterocycles. The third kappa shape index (κ3) is 5.41. The molecule has 4 rings (SSSR count). The highest BCUT2D eigenvalue weighted by atomic mass is 35.5. The molecule has 1 amide bonds. The summed E-state index contributed by atoms with van der Waals surface area (Å²) in [5.74, 6) is 0.0538. The number of anilines is 1. The summed E-state index contributed by atoms with van der Waals surface area (Å²) in [7, 11) is 0. The zero-order chi connectivity index (χ0) is 23.2. The van der Waals surface area contributed by atoms with Gasteiger partial charge in [-0.05, 0) is 59.2 Å². The molecule has 5 heteroatoms. The minimum Gasteiger partial charge on any atom is -0.487 e. The van der Waals surface area contributed by atoms with Crippen molar-refractivity contribution in [3.05, 3.63) is 112 Å². The Kier molecular flexibility index (Phi) is 6.73. The number of carbonyl (C=O) groups excluding carboxylic acids is 1. The van der Waals surface area contributed by atoms with Crippen molar-refractivity contribution >= 4 is 40.0 Å². The van der Waals surface area contributed by atoms with Gasteiger partial charge in [-0.3, -0.25) is 4.79 Å². The van der Waals surface area contributed by atoms with Gasteiger partial charge in [0.1, 0.15) is 24.0 Å². The number of ether oxygens (including phenoxy) is 1. The van der Waals surface area contributed by atoms with Gasteiger partial charge >= 0.3 is 0 Å². The van der Waals surface area contributed by atoms with Crippen molar-refractivity contribution in [1.29, 1.82) is 5.26 Å². The number of rotatable bonds is 6. The van der Waals surface area contributed by atoms with E-state index in [2.05, 4.69) is 23.5 Å².